The summed E-state index contributed by atoms with van der Waals surface area (Å²) in [7, 11) is 0. The minimum absolute atomic E-state index is 0.504. The van der Waals surface area contributed by atoms with Crippen LogP contribution in [0, 0.1) is 0 Å². The van der Waals surface area contributed by atoms with Gasteiger partial charge in [0.25, 0.3) is 0 Å². The van der Waals surface area contributed by atoms with E-state index < -0.39 is 5.41 Å². The molecule has 0 amide bonds. The lowest BCUT2D eigenvalue weighted by Gasteiger charge is -2.36. The van der Waals surface area contributed by atoms with Crippen LogP contribution in [0.25, 0.3) is 99.4 Å². The Morgan fingerprint density at radius 3 is 0.735 bits per heavy atom. The quantitative estimate of drug-likeness (QED) is 0.0748. The molecule has 98 heavy (non-hydrogen) atoms. The van der Waals surface area contributed by atoms with Crippen molar-refractivity contribution in [1.29, 1.82) is 0 Å². The zero-order valence-electron chi connectivity index (χ0n) is 54.7. The standard InChI is InChI=1S/C95H69N3/c1-95(2)85-63-72(96(87-55-29-23-47-73(87)66-35-9-3-10-36-66)88-56-30-24-48-74(88)67-37-11-4-12-38-67)61-62-79(85)82-64-83-84(65-86(82)95)94(98(91-59-33-27-51-77(91)70-43-17-7-18-44-70)92-60-34-28-52-78(92)71-45-19-8-20-46-71)81-54-22-21-53-80(81)93(83)97(89-57-31-25-49-75(89)68-39-13-5-14-40-68)90-58-32-26-50-76(90)69-41-15-6-16-42-69/h3-65H,1-2H3. The second-order valence-corrected chi connectivity index (χ2v) is 25.8. The van der Waals surface area contributed by atoms with Crippen molar-refractivity contribution in [3.05, 3.63) is 393 Å². The first-order valence-corrected chi connectivity index (χ1v) is 33.9. The predicted octanol–water partition coefficient (Wildman–Crippen LogP) is 26.7. The van der Waals surface area contributed by atoms with Crippen LogP contribution in [-0.4, -0.2) is 0 Å². The van der Waals surface area contributed by atoms with Gasteiger partial charge in [0.1, 0.15) is 0 Å². The highest BCUT2D eigenvalue weighted by Gasteiger charge is 2.39. The zero-order chi connectivity index (χ0) is 65.5. The maximum Gasteiger partial charge on any atom is 0.0620 e. The number of nitrogens with zero attached hydrogens (tertiary/aromatic N) is 3. The van der Waals surface area contributed by atoms with E-state index in [1.165, 1.54) is 22.3 Å². The van der Waals surface area contributed by atoms with Crippen molar-refractivity contribution < 1.29 is 0 Å². The third-order valence-corrected chi connectivity index (χ3v) is 19.8. The molecule has 0 saturated heterocycles. The van der Waals surface area contributed by atoms with E-state index in [9.17, 15) is 0 Å². The van der Waals surface area contributed by atoms with Gasteiger partial charge in [-0.2, -0.15) is 0 Å². The summed E-state index contributed by atoms with van der Waals surface area (Å²) >= 11 is 0. The Bertz CT molecular complexity index is 5340. The SMILES string of the molecule is CC1(C)c2cc(N(c3ccccc3-c3ccccc3)c3ccccc3-c3ccccc3)ccc2-c2cc3c(N(c4ccccc4-c4ccccc4)c4ccccc4-c4ccccc4)c4ccccc4c(N(c4ccccc4-c4ccccc4)c4ccccc4-c4ccccc4)c3cc21. The van der Waals surface area contributed by atoms with E-state index in [0.29, 0.717) is 0 Å². The summed E-state index contributed by atoms with van der Waals surface area (Å²) in [5.74, 6) is 0. The van der Waals surface area contributed by atoms with Crippen LogP contribution < -0.4 is 14.7 Å². The highest BCUT2D eigenvalue weighted by molar-refractivity contribution is 6.26. The molecule has 1 aliphatic rings. The van der Waals surface area contributed by atoms with E-state index in [1.54, 1.807) is 0 Å². The molecule has 0 heterocycles. The van der Waals surface area contributed by atoms with Crippen LogP contribution in [0.1, 0.15) is 25.0 Å². The molecule has 0 fully saturated rings. The lowest BCUT2D eigenvalue weighted by atomic mass is 9.81. The molecule has 17 rings (SSSR count). The largest absolute Gasteiger partial charge is 0.309 e. The molecule has 0 spiro atoms. The normalized spacial score (nSPS) is 12.1. The maximum absolute atomic E-state index is 2.60. The Hall–Kier alpha value is -12.6. The second-order valence-electron chi connectivity index (χ2n) is 25.8. The second kappa shape index (κ2) is 25.3. The number of benzene rings is 16. The van der Waals surface area contributed by atoms with E-state index >= 15 is 0 Å². The first-order valence-electron chi connectivity index (χ1n) is 33.9. The molecule has 0 N–H and O–H groups in total. The van der Waals surface area contributed by atoms with Gasteiger partial charge in [-0.25, -0.2) is 0 Å². The van der Waals surface area contributed by atoms with Gasteiger partial charge in [0, 0.05) is 66.0 Å². The molecule has 0 bridgehead atoms. The van der Waals surface area contributed by atoms with Crippen LogP contribution in [0.5, 0.6) is 0 Å². The average molecular weight is 1250 g/mol. The summed E-state index contributed by atoms with van der Waals surface area (Å²) in [6.45, 7) is 4.89. The van der Waals surface area contributed by atoms with Crippen molar-refractivity contribution in [2.24, 2.45) is 0 Å². The van der Waals surface area contributed by atoms with Crippen LogP contribution in [-0.2, 0) is 5.41 Å². The number of hydrogen-bond donors (Lipinski definition) is 0. The molecular formula is C95H69N3. The fourth-order valence-corrected chi connectivity index (χ4v) is 15.3. The molecule has 0 saturated carbocycles. The van der Waals surface area contributed by atoms with Crippen molar-refractivity contribution in [3.63, 3.8) is 0 Å². The lowest BCUT2D eigenvalue weighted by molar-refractivity contribution is 0.661. The molecule has 16 aromatic rings. The molecule has 3 nitrogen and oxygen atoms in total. The molecule has 0 aliphatic heterocycles. The highest BCUT2D eigenvalue weighted by Crippen LogP contribution is 2.60. The molecule has 0 atom stereocenters. The number of rotatable bonds is 15. The van der Waals surface area contributed by atoms with E-state index in [2.05, 4.69) is 411 Å². The molecular weight excluding hydrogens is 1180 g/mol. The number of para-hydroxylation sites is 6. The van der Waals surface area contributed by atoms with E-state index in [0.717, 1.165) is 139 Å². The predicted molar refractivity (Wildman–Crippen MR) is 416 cm³/mol. The van der Waals surface area contributed by atoms with Crippen LogP contribution in [0.15, 0.2) is 382 Å². The Balaban J connectivity index is 1.00. The summed E-state index contributed by atoms with van der Waals surface area (Å²) in [5.41, 5.74) is 27.8. The summed E-state index contributed by atoms with van der Waals surface area (Å²) in [5, 5.41) is 4.46. The van der Waals surface area contributed by atoms with Crippen LogP contribution >= 0.6 is 0 Å². The van der Waals surface area contributed by atoms with Crippen molar-refractivity contribution in [1.82, 2.24) is 0 Å². The molecule has 464 valence electrons. The van der Waals surface area contributed by atoms with Crippen molar-refractivity contribution >= 4 is 72.7 Å². The maximum atomic E-state index is 2.60. The van der Waals surface area contributed by atoms with Gasteiger partial charge < -0.3 is 14.7 Å². The topological polar surface area (TPSA) is 9.72 Å². The van der Waals surface area contributed by atoms with E-state index in [4.69, 9.17) is 0 Å². The smallest absolute Gasteiger partial charge is 0.0620 e. The molecule has 0 unspecified atom stereocenters. The summed E-state index contributed by atoms with van der Waals surface area (Å²) in [4.78, 5) is 7.70. The first-order chi connectivity index (χ1) is 48.5. The van der Waals surface area contributed by atoms with E-state index in [-0.39, 0.29) is 0 Å². The third kappa shape index (κ3) is 10.4. The van der Waals surface area contributed by atoms with Gasteiger partial charge in [-0.05, 0) is 116 Å². The van der Waals surface area contributed by atoms with Crippen LogP contribution in [0.4, 0.5) is 51.2 Å². The molecule has 3 heteroatoms. The van der Waals surface area contributed by atoms with Gasteiger partial charge in [-0.15, -0.1) is 0 Å². The highest BCUT2D eigenvalue weighted by atomic mass is 15.2. The summed E-state index contributed by atoms with van der Waals surface area (Å²) < 4.78 is 0. The van der Waals surface area contributed by atoms with E-state index in [1.807, 2.05) is 0 Å². The zero-order valence-corrected chi connectivity index (χ0v) is 54.7. The average Bonchev–Trinajstić information content (AvgIpc) is 1.35. The number of hydrogen-bond acceptors (Lipinski definition) is 3. The fraction of sp³-hybridized carbons (Fsp3) is 0.0316. The summed E-state index contributed by atoms with van der Waals surface area (Å²) in [6.07, 6.45) is 0. The minimum atomic E-state index is -0.504. The third-order valence-electron chi connectivity index (χ3n) is 19.8. The monoisotopic (exact) mass is 1250 g/mol. The number of fused-ring (bicyclic) bond motifs is 5. The Kier molecular flexibility index (Phi) is 15.3. The van der Waals surface area contributed by atoms with Gasteiger partial charge in [-0.1, -0.05) is 335 Å². The van der Waals surface area contributed by atoms with Crippen LogP contribution in [0.3, 0.4) is 0 Å². The first kappa shape index (κ1) is 59.2. The Morgan fingerprint density at radius 1 is 0.184 bits per heavy atom. The van der Waals surface area contributed by atoms with Gasteiger partial charge in [0.05, 0.1) is 45.5 Å². The van der Waals surface area contributed by atoms with Crippen molar-refractivity contribution in [2.45, 2.75) is 19.3 Å². The number of anilines is 9. The van der Waals surface area contributed by atoms with Gasteiger partial charge in [0.2, 0.25) is 0 Å². The summed E-state index contributed by atoms with van der Waals surface area (Å²) in [6, 6.07) is 141. The lowest BCUT2D eigenvalue weighted by Crippen LogP contribution is -2.18. The van der Waals surface area contributed by atoms with Gasteiger partial charge >= 0.3 is 0 Å². The Morgan fingerprint density at radius 2 is 0.429 bits per heavy atom. The Labute approximate surface area is 574 Å². The van der Waals surface area contributed by atoms with Crippen molar-refractivity contribution in [2.75, 3.05) is 14.7 Å². The fourth-order valence-electron chi connectivity index (χ4n) is 15.3. The molecule has 16 aromatic carbocycles. The molecule has 1 aliphatic carbocycles. The van der Waals surface area contributed by atoms with Crippen LogP contribution in [0.2, 0.25) is 0 Å². The molecule has 0 radical (unpaired) electrons. The van der Waals surface area contributed by atoms with Crippen molar-refractivity contribution in [3.8, 4) is 77.9 Å². The molecule has 0 aromatic heterocycles. The van der Waals surface area contributed by atoms with Gasteiger partial charge in [0.15, 0.2) is 0 Å². The minimum Gasteiger partial charge on any atom is -0.309 e. The van der Waals surface area contributed by atoms with Gasteiger partial charge in [-0.3, -0.25) is 0 Å².